The fourth-order valence-corrected chi connectivity index (χ4v) is 5.86. The maximum Gasteiger partial charge on any atom is 0.264 e. The van der Waals surface area contributed by atoms with Crippen LogP contribution in [0.1, 0.15) is 50.3 Å². The van der Waals surface area contributed by atoms with E-state index in [4.69, 9.17) is 11.6 Å². The third kappa shape index (κ3) is 7.64. The first-order chi connectivity index (χ1) is 19.0. The number of aryl methyl sites for hydroxylation is 2. The Morgan fingerprint density at radius 1 is 0.875 bits per heavy atom. The molecule has 0 saturated heterocycles. The Bertz CT molecular complexity index is 1410. The highest BCUT2D eigenvalue weighted by atomic mass is 35.5. The van der Waals surface area contributed by atoms with Crippen LogP contribution < -0.4 is 9.62 Å². The quantitative estimate of drug-likeness (QED) is 0.289. The molecule has 0 aliphatic carbocycles. The summed E-state index contributed by atoms with van der Waals surface area (Å²) in [6.07, 6.45) is 1.07. The van der Waals surface area contributed by atoms with Crippen LogP contribution in [0.3, 0.4) is 0 Å². The zero-order chi connectivity index (χ0) is 29.4. The number of hydrogen-bond acceptors (Lipinski definition) is 4. The molecule has 0 spiro atoms. The van der Waals surface area contributed by atoms with Gasteiger partial charge in [0.25, 0.3) is 10.0 Å². The Morgan fingerprint density at radius 3 is 2.00 bits per heavy atom. The average Bonchev–Trinajstić information content (AvgIpc) is 2.93. The second-order valence-corrected chi connectivity index (χ2v) is 12.3. The molecule has 0 bridgehead atoms. The predicted octanol–water partition coefficient (Wildman–Crippen LogP) is 5.87. The van der Waals surface area contributed by atoms with Gasteiger partial charge in [0.15, 0.2) is 0 Å². The van der Waals surface area contributed by atoms with Crippen LogP contribution >= 0.6 is 11.6 Å². The smallest absolute Gasteiger partial charge is 0.264 e. The summed E-state index contributed by atoms with van der Waals surface area (Å²) in [6.45, 7) is 9.04. The van der Waals surface area contributed by atoms with Crippen molar-refractivity contribution in [3.8, 4) is 0 Å². The molecule has 3 aromatic carbocycles. The molecule has 0 heterocycles. The molecule has 2 amide bonds. The summed E-state index contributed by atoms with van der Waals surface area (Å²) < 4.78 is 28.9. The first kappa shape index (κ1) is 31.2. The lowest BCUT2D eigenvalue weighted by molar-refractivity contribution is -0.140. The monoisotopic (exact) mass is 583 g/mol. The number of amides is 2. The van der Waals surface area contributed by atoms with Crippen LogP contribution in [0.2, 0.25) is 5.02 Å². The van der Waals surface area contributed by atoms with E-state index in [1.54, 1.807) is 54.6 Å². The molecule has 40 heavy (non-hydrogen) atoms. The highest BCUT2D eigenvalue weighted by Gasteiger charge is 2.34. The molecule has 7 nitrogen and oxygen atoms in total. The summed E-state index contributed by atoms with van der Waals surface area (Å²) in [6, 6.07) is 19.7. The first-order valence-corrected chi connectivity index (χ1v) is 15.3. The number of rotatable bonds is 12. The maximum absolute atomic E-state index is 14.1. The summed E-state index contributed by atoms with van der Waals surface area (Å²) >= 11 is 6.44. The molecule has 0 aromatic heterocycles. The van der Waals surface area contributed by atoms with Gasteiger partial charge in [-0.05, 0) is 69.5 Å². The summed E-state index contributed by atoms with van der Waals surface area (Å²) in [7, 11) is -4.11. The van der Waals surface area contributed by atoms with Gasteiger partial charge in [-0.25, -0.2) is 8.42 Å². The SMILES string of the molecule is CC[C@H](C)NC(=O)[C@H](CC)N(Cc1ccccc1Cl)C(=O)CN(c1ccc(C)cc1)S(=O)(=O)c1ccc(C)cc1. The van der Waals surface area contributed by atoms with Crippen molar-refractivity contribution in [3.05, 3.63) is 94.5 Å². The average molecular weight is 584 g/mol. The normalized spacial score (nSPS) is 12.8. The van der Waals surface area contributed by atoms with Gasteiger partial charge in [-0.15, -0.1) is 0 Å². The second-order valence-electron chi connectivity index (χ2n) is 10.0. The van der Waals surface area contributed by atoms with Crippen molar-refractivity contribution in [2.75, 3.05) is 10.8 Å². The number of sulfonamides is 1. The number of hydrogen-bond donors (Lipinski definition) is 1. The largest absolute Gasteiger partial charge is 0.352 e. The van der Waals surface area contributed by atoms with E-state index in [0.717, 1.165) is 21.9 Å². The molecule has 1 N–H and O–H groups in total. The van der Waals surface area contributed by atoms with Crippen molar-refractivity contribution < 1.29 is 18.0 Å². The summed E-state index contributed by atoms with van der Waals surface area (Å²) in [5.74, 6) is -0.803. The fourth-order valence-electron chi connectivity index (χ4n) is 4.25. The van der Waals surface area contributed by atoms with Crippen molar-refractivity contribution in [3.63, 3.8) is 0 Å². The number of nitrogens with one attached hydrogen (secondary N) is 1. The van der Waals surface area contributed by atoms with Crippen molar-refractivity contribution in [2.45, 2.75) is 71.0 Å². The van der Waals surface area contributed by atoms with Crippen LogP contribution in [0.25, 0.3) is 0 Å². The number of carbonyl (C=O) groups excluding carboxylic acids is 2. The van der Waals surface area contributed by atoms with Gasteiger partial charge < -0.3 is 10.2 Å². The molecule has 2 atom stereocenters. The second kappa shape index (κ2) is 13.8. The molecule has 214 valence electrons. The lowest BCUT2D eigenvalue weighted by atomic mass is 10.1. The Labute approximate surface area is 243 Å². The Hall–Kier alpha value is -3.36. The highest BCUT2D eigenvalue weighted by Crippen LogP contribution is 2.26. The van der Waals surface area contributed by atoms with Gasteiger partial charge in [0, 0.05) is 17.6 Å². The third-order valence-electron chi connectivity index (χ3n) is 6.90. The molecular formula is C31H38ClN3O4S. The summed E-state index contributed by atoms with van der Waals surface area (Å²) in [5.41, 5.74) is 2.89. The standard InChI is InChI=1S/C31H38ClN3O4S/c1-6-24(5)33-31(37)29(7-2)34(20-25-10-8-9-11-28(25)32)30(36)21-35(26-16-12-22(3)13-17-26)40(38,39)27-18-14-23(4)15-19-27/h8-19,24,29H,6-7,20-21H2,1-5H3,(H,33,37)/t24-,29-/m0/s1. The van der Waals surface area contributed by atoms with E-state index in [1.165, 1.54) is 17.0 Å². The minimum Gasteiger partial charge on any atom is -0.352 e. The molecule has 0 aliphatic rings. The van der Waals surface area contributed by atoms with E-state index in [-0.39, 0.29) is 23.4 Å². The Balaban J connectivity index is 2.06. The molecule has 3 aromatic rings. The lowest BCUT2D eigenvalue weighted by Gasteiger charge is -2.34. The lowest BCUT2D eigenvalue weighted by Crippen LogP contribution is -2.53. The number of benzene rings is 3. The van der Waals surface area contributed by atoms with Gasteiger partial charge in [-0.2, -0.15) is 0 Å². The van der Waals surface area contributed by atoms with E-state index >= 15 is 0 Å². The predicted molar refractivity (Wildman–Crippen MR) is 161 cm³/mol. The van der Waals surface area contributed by atoms with Crippen molar-refractivity contribution >= 4 is 39.1 Å². The zero-order valence-corrected chi connectivity index (χ0v) is 25.3. The highest BCUT2D eigenvalue weighted by molar-refractivity contribution is 7.92. The Kier molecular flexibility index (Phi) is 10.8. The van der Waals surface area contributed by atoms with E-state index in [2.05, 4.69) is 5.32 Å². The van der Waals surface area contributed by atoms with Crippen LogP contribution in [-0.2, 0) is 26.2 Å². The summed E-state index contributed by atoms with van der Waals surface area (Å²) in [4.78, 5) is 28.9. The molecule has 3 rings (SSSR count). The van der Waals surface area contributed by atoms with E-state index in [0.29, 0.717) is 22.7 Å². The van der Waals surface area contributed by atoms with Gasteiger partial charge in [0.1, 0.15) is 12.6 Å². The van der Waals surface area contributed by atoms with Gasteiger partial charge in [0.2, 0.25) is 11.8 Å². The zero-order valence-electron chi connectivity index (χ0n) is 23.7. The van der Waals surface area contributed by atoms with Gasteiger partial charge in [0.05, 0.1) is 10.6 Å². The van der Waals surface area contributed by atoms with Gasteiger partial charge in [-0.1, -0.05) is 79.0 Å². The maximum atomic E-state index is 14.1. The molecule has 0 saturated carbocycles. The van der Waals surface area contributed by atoms with E-state index in [9.17, 15) is 18.0 Å². The van der Waals surface area contributed by atoms with Crippen molar-refractivity contribution in [1.29, 1.82) is 0 Å². The van der Waals surface area contributed by atoms with E-state index in [1.807, 2.05) is 40.7 Å². The molecule has 9 heteroatoms. The van der Waals surface area contributed by atoms with Crippen molar-refractivity contribution in [2.24, 2.45) is 0 Å². The number of halogens is 1. The van der Waals surface area contributed by atoms with Crippen molar-refractivity contribution in [1.82, 2.24) is 10.2 Å². The van der Waals surface area contributed by atoms with Crippen LogP contribution in [0.15, 0.2) is 77.7 Å². The van der Waals surface area contributed by atoms with Crippen LogP contribution in [0.4, 0.5) is 5.69 Å². The molecular weight excluding hydrogens is 546 g/mol. The molecule has 0 unspecified atom stereocenters. The Morgan fingerprint density at radius 2 is 1.45 bits per heavy atom. The minimum absolute atomic E-state index is 0.0528. The topological polar surface area (TPSA) is 86.8 Å². The molecule has 0 radical (unpaired) electrons. The first-order valence-electron chi connectivity index (χ1n) is 13.5. The van der Waals surface area contributed by atoms with Crippen LogP contribution in [0, 0.1) is 13.8 Å². The third-order valence-corrected chi connectivity index (χ3v) is 9.05. The van der Waals surface area contributed by atoms with E-state index < -0.39 is 28.5 Å². The fraction of sp³-hybridized carbons (Fsp3) is 0.355. The summed E-state index contributed by atoms with van der Waals surface area (Å²) in [5, 5.41) is 3.43. The minimum atomic E-state index is -4.11. The van der Waals surface area contributed by atoms with Crippen LogP contribution in [-0.4, -0.2) is 43.8 Å². The number of carbonyl (C=O) groups is 2. The number of anilines is 1. The van der Waals surface area contributed by atoms with Gasteiger partial charge >= 0.3 is 0 Å². The van der Waals surface area contributed by atoms with Gasteiger partial charge in [-0.3, -0.25) is 13.9 Å². The molecule has 0 fully saturated rings. The number of nitrogens with zero attached hydrogens (tertiary/aromatic N) is 2. The molecule has 0 aliphatic heterocycles. The van der Waals surface area contributed by atoms with Crippen LogP contribution in [0.5, 0.6) is 0 Å².